The van der Waals surface area contributed by atoms with Gasteiger partial charge in [0, 0.05) is 16.6 Å². The topological polar surface area (TPSA) is 42.2 Å². The highest BCUT2D eigenvalue weighted by molar-refractivity contribution is 6.09. The van der Waals surface area contributed by atoms with E-state index in [4.69, 9.17) is 4.42 Å². The first-order valence-corrected chi connectivity index (χ1v) is 8.37. The number of aryl methyl sites for hydroxylation is 2. The Bertz CT molecular complexity index is 1090. The number of amides is 1. The number of rotatable bonds is 3. The smallest absolute Gasteiger partial charge is 0.228 e. The lowest BCUT2D eigenvalue weighted by molar-refractivity contribution is -0.115. The van der Waals surface area contributed by atoms with E-state index in [2.05, 4.69) is 17.4 Å². The van der Waals surface area contributed by atoms with E-state index in [1.165, 1.54) is 0 Å². The predicted molar refractivity (Wildman–Crippen MR) is 102 cm³/mol. The van der Waals surface area contributed by atoms with Gasteiger partial charge in [-0.3, -0.25) is 4.79 Å². The van der Waals surface area contributed by atoms with Gasteiger partial charge in [-0.2, -0.15) is 0 Å². The van der Waals surface area contributed by atoms with Crippen molar-refractivity contribution in [3.63, 3.8) is 0 Å². The third-order valence-electron chi connectivity index (χ3n) is 4.56. The van der Waals surface area contributed by atoms with Crippen LogP contribution in [-0.4, -0.2) is 5.91 Å². The largest absolute Gasteiger partial charge is 0.464 e. The second kappa shape index (κ2) is 6.10. The molecular formula is C22H19NO2. The fourth-order valence-corrected chi connectivity index (χ4v) is 3.24. The van der Waals surface area contributed by atoms with Gasteiger partial charge in [0.2, 0.25) is 5.91 Å². The number of furan rings is 1. The molecule has 0 aliphatic heterocycles. The molecule has 3 aromatic carbocycles. The molecule has 1 amide bonds. The summed E-state index contributed by atoms with van der Waals surface area (Å²) in [5, 5.41) is 6.30. The van der Waals surface area contributed by atoms with Crippen molar-refractivity contribution in [3.05, 3.63) is 77.6 Å². The first-order valence-electron chi connectivity index (χ1n) is 8.37. The number of anilines is 1. The van der Waals surface area contributed by atoms with Gasteiger partial charge in [-0.25, -0.2) is 0 Å². The summed E-state index contributed by atoms with van der Waals surface area (Å²) in [5.74, 6) is -0.0377. The van der Waals surface area contributed by atoms with E-state index >= 15 is 0 Å². The maximum Gasteiger partial charge on any atom is 0.228 e. The van der Waals surface area contributed by atoms with Gasteiger partial charge in [0.1, 0.15) is 5.58 Å². The van der Waals surface area contributed by atoms with Crippen molar-refractivity contribution >= 4 is 33.3 Å². The Morgan fingerprint density at radius 1 is 1.04 bits per heavy atom. The van der Waals surface area contributed by atoms with Crippen molar-refractivity contribution in [1.82, 2.24) is 0 Å². The van der Waals surface area contributed by atoms with E-state index in [1.807, 2.05) is 56.3 Å². The van der Waals surface area contributed by atoms with Crippen LogP contribution < -0.4 is 5.32 Å². The highest BCUT2D eigenvalue weighted by Gasteiger charge is 2.14. The monoisotopic (exact) mass is 329 g/mol. The number of carbonyl (C=O) groups excluding carboxylic acids is 1. The van der Waals surface area contributed by atoms with Gasteiger partial charge in [-0.15, -0.1) is 0 Å². The zero-order valence-corrected chi connectivity index (χ0v) is 14.3. The molecule has 0 fully saturated rings. The molecule has 0 bridgehead atoms. The highest BCUT2D eigenvalue weighted by Crippen LogP contribution is 2.30. The molecule has 4 rings (SSSR count). The number of fused-ring (bicyclic) bond motifs is 3. The molecule has 0 spiro atoms. The molecule has 4 aromatic rings. The summed E-state index contributed by atoms with van der Waals surface area (Å²) >= 11 is 0. The fourth-order valence-electron chi connectivity index (χ4n) is 3.24. The first-order chi connectivity index (χ1) is 12.1. The summed E-state index contributed by atoms with van der Waals surface area (Å²) < 4.78 is 5.67. The second-order valence-electron chi connectivity index (χ2n) is 6.46. The molecular weight excluding hydrogens is 310 g/mol. The van der Waals surface area contributed by atoms with Gasteiger partial charge in [0.25, 0.3) is 0 Å². The average Bonchev–Trinajstić information content (AvgIpc) is 3.01. The van der Waals surface area contributed by atoms with Gasteiger partial charge < -0.3 is 9.73 Å². The third-order valence-corrected chi connectivity index (χ3v) is 4.56. The minimum absolute atomic E-state index is 0.0377. The van der Waals surface area contributed by atoms with E-state index in [1.54, 1.807) is 6.26 Å². The lowest BCUT2D eigenvalue weighted by atomic mass is 10.0. The molecule has 0 radical (unpaired) electrons. The minimum Gasteiger partial charge on any atom is -0.464 e. The lowest BCUT2D eigenvalue weighted by Gasteiger charge is -2.09. The molecule has 1 heterocycles. The molecule has 124 valence electrons. The Labute approximate surface area is 146 Å². The first kappa shape index (κ1) is 15.5. The summed E-state index contributed by atoms with van der Waals surface area (Å²) in [6, 6.07) is 18.2. The van der Waals surface area contributed by atoms with Gasteiger partial charge in [0.15, 0.2) is 0 Å². The Balaban J connectivity index is 1.67. The minimum atomic E-state index is -0.0377. The van der Waals surface area contributed by atoms with Crippen LogP contribution in [0.4, 0.5) is 5.69 Å². The SMILES string of the molecule is Cc1ccc(C)c(NC(=O)Cc2coc3ccc4ccccc4c23)c1. The van der Waals surface area contributed by atoms with Crippen LogP contribution in [-0.2, 0) is 11.2 Å². The van der Waals surface area contributed by atoms with E-state index in [-0.39, 0.29) is 12.3 Å². The molecule has 25 heavy (non-hydrogen) atoms. The third kappa shape index (κ3) is 2.89. The normalized spacial score (nSPS) is 11.1. The molecule has 0 unspecified atom stereocenters. The zero-order chi connectivity index (χ0) is 17.4. The Morgan fingerprint density at radius 3 is 2.76 bits per heavy atom. The van der Waals surface area contributed by atoms with Crippen LogP contribution in [0.1, 0.15) is 16.7 Å². The Hall–Kier alpha value is -3.07. The Kier molecular flexibility index (Phi) is 3.77. The maximum absolute atomic E-state index is 12.6. The summed E-state index contributed by atoms with van der Waals surface area (Å²) in [5.41, 5.74) is 4.77. The van der Waals surface area contributed by atoms with Gasteiger partial charge >= 0.3 is 0 Å². The van der Waals surface area contributed by atoms with Crippen LogP contribution in [0, 0.1) is 13.8 Å². The van der Waals surface area contributed by atoms with Crippen molar-refractivity contribution in [1.29, 1.82) is 0 Å². The number of hydrogen-bond donors (Lipinski definition) is 1. The van der Waals surface area contributed by atoms with Crippen LogP contribution in [0.3, 0.4) is 0 Å². The van der Waals surface area contributed by atoms with Gasteiger partial charge in [-0.1, -0.05) is 42.5 Å². The maximum atomic E-state index is 12.6. The van der Waals surface area contributed by atoms with E-state index in [0.29, 0.717) is 0 Å². The number of benzene rings is 3. The van der Waals surface area contributed by atoms with E-state index < -0.39 is 0 Å². The second-order valence-corrected chi connectivity index (χ2v) is 6.46. The van der Waals surface area contributed by atoms with Gasteiger partial charge in [-0.05, 0) is 47.9 Å². The molecule has 3 nitrogen and oxygen atoms in total. The van der Waals surface area contributed by atoms with Crippen LogP contribution in [0.2, 0.25) is 0 Å². The molecule has 0 aliphatic carbocycles. The molecule has 1 aromatic heterocycles. The highest BCUT2D eigenvalue weighted by atomic mass is 16.3. The van der Waals surface area contributed by atoms with E-state index in [9.17, 15) is 4.79 Å². The molecule has 0 aliphatic rings. The molecule has 0 saturated carbocycles. The number of hydrogen-bond acceptors (Lipinski definition) is 2. The molecule has 3 heteroatoms. The van der Waals surface area contributed by atoms with Crippen molar-refractivity contribution in [2.24, 2.45) is 0 Å². The van der Waals surface area contributed by atoms with Crippen LogP contribution in [0.15, 0.2) is 65.3 Å². The van der Waals surface area contributed by atoms with Gasteiger partial charge in [0.05, 0.1) is 12.7 Å². The van der Waals surface area contributed by atoms with Crippen molar-refractivity contribution in [2.45, 2.75) is 20.3 Å². The summed E-state index contributed by atoms with van der Waals surface area (Å²) in [4.78, 5) is 12.6. The van der Waals surface area contributed by atoms with E-state index in [0.717, 1.165) is 44.1 Å². The molecule has 0 saturated heterocycles. The standard InChI is InChI=1S/C22H19NO2/c1-14-7-8-15(2)19(11-14)23-21(24)12-17-13-25-20-10-9-16-5-3-4-6-18(16)22(17)20/h3-11,13H,12H2,1-2H3,(H,23,24). The van der Waals surface area contributed by atoms with Crippen LogP contribution >= 0.6 is 0 Å². The summed E-state index contributed by atoms with van der Waals surface area (Å²) in [6.45, 7) is 4.01. The summed E-state index contributed by atoms with van der Waals surface area (Å²) in [7, 11) is 0. The lowest BCUT2D eigenvalue weighted by Crippen LogP contribution is -2.15. The van der Waals surface area contributed by atoms with Crippen LogP contribution in [0.25, 0.3) is 21.7 Å². The van der Waals surface area contributed by atoms with Crippen LogP contribution in [0.5, 0.6) is 0 Å². The van der Waals surface area contributed by atoms with Crippen molar-refractivity contribution < 1.29 is 9.21 Å². The molecule has 1 N–H and O–H groups in total. The zero-order valence-electron chi connectivity index (χ0n) is 14.3. The average molecular weight is 329 g/mol. The van der Waals surface area contributed by atoms with Crippen molar-refractivity contribution in [3.8, 4) is 0 Å². The Morgan fingerprint density at radius 2 is 1.88 bits per heavy atom. The summed E-state index contributed by atoms with van der Waals surface area (Å²) in [6.07, 6.45) is 1.98. The quantitative estimate of drug-likeness (QED) is 0.548. The number of carbonyl (C=O) groups is 1. The predicted octanol–water partition coefficient (Wildman–Crippen LogP) is 5.38. The van der Waals surface area contributed by atoms with Crippen molar-refractivity contribution in [2.75, 3.05) is 5.32 Å². The molecule has 0 atom stereocenters. The number of nitrogens with one attached hydrogen (secondary N) is 1. The fraction of sp³-hybridized carbons (Fsp3) is 0.136.